The lowest BCUT2D eigenvalue weighted by molar-refractivity contribution is 0.104. The van der Waals surface area contributed by atoms with Gasteiger partial charge in [0.1, 0.15) is 0 Å². The van der Waals surface area contributed by atoms with Gasteiger partial charge in [-0.2, -0.15) is 11.3 Å². The first-order valence-electron chi connectivity index (χ1n) is 4.76. The van der Waals surface area contributed by atoms with Crippen molar-refractivity contribution in [1.29, 1.82) is 0 Å². The van der Waals surface area contributed by atoms with Crippen LogP contribution in [0, 0.1) is 0 Å². The zero-order valence-electron chi connectivity index (χ0n) is 8.39. The molecule has 0 fully saturated rings. The molecule has 1 nitrogen and oxygen atoms in total. The lowest BCUT2D eigenvalue weighted by atomic mass is 10.1. The molecule has 0 radical (unpaired) electrons. The summed E-state index contributed by atoms with van der Waals surface area (Å²) in [6.07, 6.45) is 3.39. The predicted molar refractivity (Wildman–Crippen MR) is 69.1 cm³/mol. The zero-order chi connectivity index (χ0) is 11.4. The average Bonchev–Trinajstić information content (AvgIpc) is 2.80. The number of thiophene rings is 1. The van der Waals surface area contributed by atoms with Crippen LogP contribution in [0.25, 0.3) is 6.08 Å². The molecule has 0 saturated carbocycles. The van der Waals surface area contributed by atoms with Gasteiger partial charge in [-0.1, -0.05) is 17.7 Å². The van der Waals surface area contributed by atoms with E-state index >= 15 is 0 Å². The van der Waals surface area contributed by atoms with Crippen molar-refractivity contribution < 1.29 is 4.79 Å². The normalized spacial score (nSPS) is 10.8. The third-order valence-electron chi connectivity index (χ3n) is 2.10. The first kappa shape index (κ1) is 11.1. The van der Waals surface area contributed by atoms with Crippen molar-refractivity contribution in [3.8, 4) is 0 Å². The van der Waals surface area contributed by atoms with Gasteiger partial charge in [-0.15, -0.1) is 0 Å². The Morgan fingerprint density at radius 2 is 1.94 bits per heavy atom. The second kappa shape index (κ2) is 5.10. The zero-order valence-corrected chi connectivity index (χ0v) is 9.96. The van der Waals surface area contributed by atoms with Crippen molar-refractivity contribution in [3.63, 3.8) is 0 Å². The minimum Gasteiger partial charge on any atom is -0.289 e. The summed E-state index contributed by atoms with van der Waals surface area (Å²) in [7, 11) is 0. The summed E-state index contributed by atoms with van der Waals surface area (Å²) in [5.41, 5.74) is 1.70. The Morgan fingerprint density at radius 3 is 2.56 bits per heavy atom. The van der Waals surface area contributed by atoms with Gasteiger partial charge in [0.15, 0.2) is 5.78 Å². The van der Waals surface area contributed by atoms with E-state index in [0.29, 0.717) is 10.6 Å². The Bertz CT molecular complexity index is 497. The Kier molecular flexibility index (Phi) is 3.54. The second-order valence-corrected chi connectivity index (χ2v) is 4.48. The molecule has 1 aromatic carbocycles. The monoisotopic (exact) mass is 248 g/mol. The molecule has 3 heteroatoms. The topological polar surface area (TPSA) is 17.1 Å². The van der Waals surface area contributed by atoms with Crippen LogP contribution < -0.4 is 0 Å². The van der Waals surface area contributed by atoms with E-state index in [1.54, 1.807) is 41.7 Å². The summed E-state index contributed by atoms with van der Waals surface area (Å²) in [5, 5.41) is 4.61. The third-order valence-corrected chi connectivity index (χ3v) is 3.05. The fourth-order valence-electron chi connectivity index (χ4n) is 1.25. The van der Waals surface area contributed by atoms with Crippen LogP contribution in [0.4, 0.5) is 0 Å². The fourth-order valence-corrected chi connectivity index (χ4v) is 2.01. The highest BCUT2D eigenvalue weighted by atomic mass is 35.5. The summed E-state index contributed by atoms with van der Waals surface area (Å²) in [6.45, 7) is 0. The van der Waals surface area contributed by atoms with E-state index in [9.17, 15) is 4.79 Å². The number of rotatable bonds is 3. The number of carbonyl (C=O) groups excluding carboxylic acids is 1. The number of halogens is 1. The average molecular weight is 249 g/mol. The van der Waals surface area contributed by atoms with E-state index in [2.05, 4.69) is 0 Å². The van der Waals surface area contributed by atoms with Crippen LogP contribution >= 0.6 is 22.9 Å². The summed E-state index contributed by atoms with van der Waals surface area (Å²) < 4.78 is 0. The Morgan fingerprint density at radius 1 is 1.19 bits per heavy atom. The minimum absolute atomic E-state index is 0.0112. The maximum Gasteiger partial charge on any atom is 0.185 e. The van der Waals surface area contributed by atoms with Gasteiger partial charge in [-0.05, 0) is 52.7 Å². The predicted octanol–water partition coefficient (Wildman–Crippen LogP) is 4.30. The highest BCUT2D eigenvalue weighted by Gasteiger charge is 2.00. The van der Waals surface area contributed by atoms with Gasteiger partial charge in [-0.25, -0.2) is 0 Å². The Balaban J connectivity index is 2.11. The smallest absolute Gasteiger partial charge is 0.185 e. The van der Waals surface area contributed by atoms with Crippen LogP contribution in [0.5, 0.6) is 0 Å². The number of hydrogen-bond donors (Lipinski definition) is 0. The van der Waals surface area contributed by atoms with E-state index in [1.807, 2.05) is 22.9 Å². The first-order chi connectivity index (χ1) is 7.75. The number of carbonyl (C=O) groups is 1. The van der Waals surface area contributed by atoms with Crippen LogP contribution in [-0.2, 0) is 0 Å². The highest BCUT2D eigenvalue weighted by Crippen LogP contribution is 2.12. The van der Waals surface area contributed by atoms with Crippen molar-refractivity contribution in [1.82, 2.24) is 0 Å². The standard InChI is InChI=1S/C13H9ClOS/c14-12-4-2-11(3-5-12)13(15)6-1-10-7-8-16-9-10/h1-9H/b6-1+. The molecule has 0 aliphatic rings. The highest BCUT2D eigenvalue weighted by molar-refractivity contribution is 7.08. The molecule has 1 heterocycles. The van der Waals surface area contributed by atoms with Crippen molar-refractivity contribution in [2.24, 2.45) is 0 Å². The van der Waals surface area contributed by atoms with Gasteiger partial charge in [0.05, 0.1) is 0 Å². The molecular weight excluding hydrogens is 240 g/mol. The van der Waals surface area contributed by atoms with Crippen molar-refractivity contribution in [3.05, 3.63) is 63.3 Å². The van der Waals surface area contributed by atoms with Crippen molar-refractivity contribution in [2.75, 3.05) is 0 Å². The molecule has 0 amide bonds. The summed E-state index contributed by atoms with van der Waals surface area (Å²) in [5.74, 6) is -0.0112. The van der Waals surface area contributed by atoms with E-state index in [4.69, 9.17) is 11.6 Å². The van der Waals surface area contributed by atoms with Gasteiger partial charge in [0.25, 0.3) is 0 Å². The Hall–Kier alpha value is -1.38. The van der Waals surface area contributed by atoms with Crippen molar-refractivity contribution in [2.45, 2.75) is 0 Å². The molecule has 0 N–H and O–H groups in total. The van der Waals surface area contributed by atoms with Crippen molar-refractivity contribution >= 4 is 34.8 Å². The number of benzene rings is 1. The molecule has 0 aliphatic heterocycles. The maximum atomic E-state index is 11.7. The quantitative estimate of drug-likeness (QED) is 0.585. The third kappa shape index (κ3) is 2.81. The molecule has 16 heavy (non-hydrogen) atoms. The molecule has 0 saturated heterocycles. The molecule has 0 bridgehead atoms. The lowest BCUT2D eigenvalue weighted by Crippen LogP contribution is -1.92. The molecular formula is C13H9ClOS. The van der Waals surface area contributed by atoms with Crippen LogP contribution in [0.15, 0.2) is 47.2 Å². The van der Waals surface area contributed by atoms with Gasteiger partial charge in [0, 0.05) is 10.6 Å². The van der Waals surface area contributed by atoms with Crippen LogP contribution in [0.2, 0.25) is 5.02 Å². The van der Waals surface area contributed by atoms with Gasteiger partial charge >= 0.3 is 0 Å². The van der Waals surface area contributed by atoms with Gasteiger partial charge in [-0.3, -0.25) is 4.79 Å². The number of allylic oxidation sites excluding steroid dienone is 1. The lowest BCUT2D eigenvalue weighted by Gasteiger charge is -1.95. The van der Waals surface area contributed by atoms with E-state index < -0.39 is 0 Å². The molecule has 0 atom stereocenters. The van der Waals surface area contributed by atoms with Gasteiger partial charge in [0.2, 0.25) is 0 Å². The molecule has 0 spiro atoms. The largest absolute Gasteiger partial charge is 0.289 e. The number of hydrogen-bond acceptors (Lipinski definition) is 2. The molecule has 80 valence electrons. The summed E-state index contributed by atoms with van der Waals surface area (Å²) in [6, 6.07) is 8.85. The molecule has 0 aliphatic carbocycles. The summed E-state index contributed by atoms with van der Waals surface area (Å²) in [4.78, 5) is 11.7. The van der Waals surface area contributed by atoms with E-state index in [1.165, 1.54) is 0 Å². The maximum absolute atomic E-state index is 11.7. The molecule has 2 rings (SSSR count). The van der Waals surface area contributed by atoms with E-state index in [0.717, 1.165) is 5.56 Å². The van der Waals surface area contributed by atoms with Crippen LogP contribution in [0.3, 0.4) is 0 Å². The Labute approximate surface area is 103 Å². The molecule has 1 aromatic heterocycles. The van der Waals surface area contributed by atoms with E-state index in [-0.39, 0.29) is 5.78 Å². The molecule has 0 unspecified atom stereocenters. The fraction of sp³-hybridized carbons (Fsp3) is 0. The second-order valence-electron chi connectivity index (χ2n) is 3.26. The van der Waals surface area contributed by atoms with Crippen LogP contribution in [-0.4, -0.2) is 5.78 Å². The number of ketones is 1. The SMILES string of the molecule is O=C(/C=C/c1ccsc1)c1ccc(Cl)cc1. The first-order valence-corrected chi connectivity index (χ1v) is 6.08. The molecule has 2 aromatic rings. The summed E-state index contributed by atoms with van der Waals surface area (Å²) >= 11 is 7.36. The minimum atomic E-state index is -0.0112. The van der Waals surface area contributed by atoms with Crippen LogP contribution in [0.1, 0.15) is 15.9 Å². The van der Waals surface area contributed by atoms with Gasteiger partial charge < -0.3 is 0 Å².